The first-order chi connectivity index (χ1) is 16.4. The van der Waals surface area contributed by atoms with Gasteiger partial charge < -0.3 is 25.2 Å². The average Bonchev–Trinajstić information content (AvgIpc) is 2.95. The van der Waals surface area contributed by atoms with Gasteiger partial charge in [-0.25, -0.2) is 4.79 Å². The van der Waals surface area contributed by atoms with E-state index in [-0.39, 0.29) is 23.9 Å². The molecule has 178 valence electrons. The number of piperidine rings is 1. The minimum atomic E-state index is -0.618. The Hall–Kier alpha value is -3.39. The molecule has 2 N–H and O–H groups in total. The minimum Gasteiger partial charge on any atom is -0.378 e. The summed E-state index contributed by atoms with van der Waals surface area (Å²) in [6.45, 7) is 6.75. The molecule has 8 heteroatoms. The highest BCUT2D eigenvalue weighted by Crippen LogP contribution is 2.33. The number of anilines is 1. The van der Waals surface area contributed by atoms with Gasteiger partial charge in [0.2, 0.25) is 5.91 Å². The van der Waals surface area contributed by atoms with Crippen LogP contribution in [0, 0.1) is 13.8 Å². The Morgan fingerprint density at radius 1 is 1.06 bits per heavy atom. The van der Waals surface area contributed by atoms with Gasteiger partial charge in [-0.3, -0.25) is 9.59 Å². The quantitative estimate of drug-likeness (QED) is 0.718. The van der Waals surface area contributed by atoms with E-state index in [4.69, 9.17) is 4.74 Å². The van der Waals surface area contributed by atoms with Gasteiger partial charge in [-0.05, 0) is 61.1 Å². The number of nitrogens with zero attached hydrogens (tertiary/aromatic N) is 2. The van der Waals surface area contributed by atoms with Crippen LogP contribution in [0.4, 0.5) is 10.5 Å². The number of nitrogens with one attached hydrogen (secondary N) is 2. The molecule has 0 saturated carbocycles. The lowest BCUT2D eigenvalue weighted by Gasteiger charge is -2.38. The smallest absolute Gasteiger partial charge is 0.317 e. The first kappa shape index (κ1) is 22.4. The van der Waals surface area contributed by atoms with E-state index in [0.717, 1.165) is 11.1 Å². The SMILES string of the molecule is Cc1cccc(-c2ccc3c(c2)C(=O)N2CCC(NC(=O)N4CCOCC4)CC2C(=O)N3)c1C. The molecule has 2 unspecified atom stereocenters. The standard InChI is InChI=1S/C26H30N4O4/c1-16-4-3-5-20(17(16)2)18-6-7-22-21(14-18)25(32)30-9-8-19(15-23(30)24(31)28-22)27-26(33)29-10-12-34-13-11-29/h3-7,14,19,23H,8-13,15H2,1-2H3,(H,27,33)(H,28,31). The number of hydrogen-bond acceptors (Lipinski definition) is 4. The topological polar surface area (TPSA) is 91.0 Å². The van der Waals surface area contributed by atoms with E-state index < -0.39 is 6.04 Å². The van der Waals surface area contributed by atoms with E-state index in [1.165, 1.54) is 11.1 Å². The second kappa shape index (κ2) is 9.10. The molecule has 3 aliphatic heterocycles. The summed E-state index contributed by atoms with van der Waals surface area (Å²) in [5, 5.41) is 6.01. The molecule has 0 radical (unpaired) electrons. The van der Waals surface area contributed by atoms with Gasteiger partial charge in [-0.1, -0.05) is 24.3 Å². The molecule has 0 bridgehead atoms. The molecule has 0 spiro atoms. The summed E-state index contributed by atoms with van der Waals surface area (Å²) >= 11 is 0. The summed E-state index contributed by atoms with van der Waals surface area (Å²) in [4.78, 5) is 42.7. The van der Waals surface area contributed by atoms with Gasteiger partial charge in [0.25, 0.3) is 5.91 Å². The number of fused-ring (bicyclic) bond motifs is 2. The number of urea groups is 1. The van der Waals surface area contributed by atoms with Gasteiger partial charge in [0.05, 0.1) is 24.5 Å². The summed E-state index contributed by atoms with van der Waals surface area (Å²) in [7, 11) is 0. The molecule has 8 nitrogen and oxygen atoms in total. The number of ether oxygens (including phenoxy) is 1. The molecule has 3 aliphatic rings. The van der Waals surface area contributed by atoms with Crippen molar-refractivity contribution in [2.24, 2.45) is 0 Å². The first-order valence-electron chi connectivity index (χ1n) is 11.9. The van der Waals surface area contributed by atoms with Crippen LogP contribution in [0.1, 0.15) is 34.3 Å². The predicted molar refractivity (Wildman–Crippen MR) is 129 cm³/mol. The molecule has 2 fully saturated rings. The van der Waals surface area contributed by atoms with Crippen molar-refractivity contribution in [3.05, 3.63) is 53.1 Å². The summed E-state index contributed by atoms with van der Waals surface area (Å²) in [6, 6.07) is 10.9. The average molecular weight is 463 g/mol. The van der Waals surface area contributed by atoms with Crippen LogP contribution in [0.2, 0.25) is 0 Å². The lowest BCUT2D eigenvalue weighted by atomic mass is 9.94. The van der Waals surface area contributed by atoms with Crippen molar-refractivity contribution in [3.63, 3.8) is 0 Å². The van der Waals surface area contributed by atoms with Crippen LogP contribution in [0.15, 0.2) is 36.4 Å². The molecule has 2 aromatic carbocycles. The number of aryl methyl sites for hydroxylation is 1. The zero-order chi connectivity index (χ0) is 23.8. The molecule has 3 heterocycles. The predicted octanol–water partition coefficient (Wildman–Crippen LogP) is 2.94. The molecule has 34 heavy (non-hydrogen) atoms. The van der Waals surface area contributed by atoms with E-state index >= 15 is 0 Å². The lowest BCUT2D eigenvalue weighted by Crippen LogP contribution is -2.57. The van der Waals surface area contributed by atoms with E-state index in [0.29, 0.717) is 56.9 Å². The summed E-state index contributed by atoms with van der Waals surface area (Å²) < 4.78 is 5.31. The van der Waals surface area contributed by atoms with Gasteiger partial charge in [-0.15, -0.1) is 0 Å². The van der Waals surface area contributed by atoms with E-state index in [2.05, 4.69) is 36.6 Å². The Morgan fingerprint density at radius 2 is 1.85 bits per heavy atom. The van der Waals surface area contributed by atoms with Crippen LogP contribution in [0.3, 0.4) is 0 Å². The molecule has 2 atom stereocenters. The third-order valence-electron chi connectivity index (χ3n) is 7.22. The number of benzene rings is 2. The number of rotatable bonds is 2. The van der Waals surface area contributed by atoms with Crippen molar-refractivity contribution >= 4 is 23.5 Å². The van der Waals surface area contributed by atoms with Crippen molar-refractivity contribution in [2.45, 2.75) is 38.8 Å². The van der Waals surface area contributed by atoms with Gasteiger partial charge in [0.15, 0.2) is 0 Å². The highest BCUT2D eigenvalue weighted by atomic mass is 16.5. The second-order valence-corrected chi connectivity index (χ2v) is 9.28. The van der Waals surface area contributed by atoms with E-state index in [1.807, 2.05) is 24.3 Å². The minimum absolute atomic E-state index is 0.136. The fraction of sp³-hybridized carbons (Fsp3) is 0.423. The number of morpholine rings is 1. The van der Waals surface area contributed by atoms with Crippen LogP contribution in [0.25, 0.3) is 11.1 Å². The van der Waals surface area contributed by atoms with Crippen molar-refractivity contribution in [1.82, 2.24) is 15.1 Å². The van der Waals surface area contributed by atoms with Crippen molar-refractivity contribution in [2.75, 3.05) is 38.2 Å². The number of amides is 4. The highest BCUT2D eigenvalue weighted by molar-refractivity contribution is 6.10. The Labute approximate surface area is 199 Å². The Bertz CT molecular complexity index is 1140. The van der Waals surface area contributed by atoms with Crippen LogP contribution >= 0.6 is 0 Å². The highest BCUT2D eigenvalue weighted by Gasteiger charge is 2.40. The van der Waals surface area contributed by atoms with Crippen molar-refractivity contribution < 1.29 is 19.1 Å². The van der Waals surface area contributed by atoms with Gasteiger partial charge in [0, 0.05) is 25.7 Å². The monoisotopic (exact) mass is 462 g/mol. The summed E-state index contributed by atoms with van der Waals surface area (Å²) in [5.74, 6) is -0.361. The third-order valence-corrected chi connectivity index (χ3v) is 7.22. The van der Waals surface area contributed by atoms with Crippen LogP contribution < -0.4 is 10.6 Å². The van der Waals surface area contributed by atoms with Crippen molar-refractivity contribution in [3.8, 4) is 11.1 Å². The normalized spacial score (nSPS) is 22.4. The van der Waals surface area contributed by atoms with Crippen LogP contribution in [-0.2, 0) is 9.53 Å². The molecule has 2 saturated heterocycles. The Balaban J connectivity index is 1.36. The zero-order valence-corrected chi connectivity index (χ0v) is 19.6. The molecule has 2 aromatic rings. The maximum atomic E-state index is 13.6. The molecule has 4 amide bonds. The van der Waals surface area contributed by atoms with Crippen LogP contribution in [0.5, 0.6) is 0 Å². The summed E-state index contributed by atoms with van der Waals surface area (Å²) in [6.07, 6.45) is 1.00. The number of carbonyl (C=O) groups is 3. The third kappa shape index (κ3) is 4.14. The Kier molecular flexibility index (Phi) is 6.00. The maximum Gasteiger partial charge on any atom is 0.317 e. The van der Waals surface area contributed by atoms with Crippen molar-refractivity contribution in [1.29, 1.82) is 0 Å². The van der Waals surface area contributed by atoms with E-state index in [1.54, 1.807) is 9.80 Å². The lowest BCUT2D eigenvalue weighted by molar-refractivity contribution is -0.121. The largest absolute Gasteiger partial charge is 0.378 e. The molecule has 0 aliphatic carbocycles. The Morgan fingerprint density at radius 3 is 2.65 bits per heavy atom. The second-order valence-electron chi connectivity index (χ2n) is 9.28. The molecular weight excluding hydrogens is 432 g/mol. The first-order valence-corrected chi connectivity index (χ1v) is 11.9. The number of hydrogen-bond donors (Lipinski definition) is 2. The maximum absolute atomic E-state index is 13.6. The van der Waals surface area contributed by atoms with Gasteiger partial charge >= 0.3 is 6.03 Å². The van der Waals surface area contributed by atoms with E-state index in [9.17, 15) is 14.4 Å². The fourth-order valence-corrected chi connectivity index (χ4v) is 5.05. The molecular formula is C26H30N4O4. The number of carbonyl (C=O) groups excluding carboxylic acids is 3. The van der Waals surface area contributed by atoms with Gasteiger partial charge in [-0.2, -0.15) is 0 Å². The molecule has 0 aromatic heterocycles. The van der Waals surface area contributed by atoms with Crippen LogP contribution in [-0.4, -0.2) is 72.6 Å². The molecule has 5 rings (SSSR count). The summed E-state index contributed by atoms with van der Waals surface area (Å²) in [5.41, 5.74) is 5.42. The fourth-order valence-electron chi connectivity index (χ4n) is 5.05. The zero-order valence-electron chi connectivity index (χ0n) is 19.6. The van der Waals surface area contributed by atoms with Gasteiger partial charge in [0.1, 0.15) is 6.04 Å².